The minimum absolute atomic E-state index is 0.00722. The number of methoxy groups -OCH3 is 1. The molecule has 15 atom stereocenters. The second kappa shape index (κ2) is 18.0. The largest absolute Gasteiger partial charge is 0.504 e. The maximum Gasteiger partial charge on any atom is 0.330 e. The normalized spacial score (nSPS) is 36.5. The van der Waals surface area contributed by atoms with Crippen molar-refractivity contribution in [3.8, 4) is 11.5 Å². The van der Waals surface area contributed by atoms with E-state index in [0.29, 0.717) is 5.56 Å². The lowest BCUT2D eigenvalue weighted by molar-refractivity contribution is -0.355. The van der Waals surface area contributed by atoms with Crippen LogP contribution in [0.2, 0.25) is 0 Å². The molecule has 4 rings (SSSR count). The summed E-state index contributed by atoms with van der Waals surface area (Å²) in [4.78, 5) is 23.3. The number of ether oxygens (including phenoxy) is 8. The lowest BCUT2D eigenvalue weighted by Crippen LogP contribution is -2.62. The quantitative estimate of drug-likeness (QED) is 0.0459. The summed E-state index contributed by atoms with van der Waals surface area (Å²) in [6.45, 7) is -2.49. The predicted molar refractivity (Wildman–Crippen MR) is 159 cm³/mol. The van der Waals surface area contributed by atoms with E-state index in [-0.39, 0.29) is 17.8 Å². The summed E-state index contributed by atoms with van der Waals surface area (Å²) in [5.41, 5.74) is 0.489. The molecule has 20 heteroatoms. The van der Waals surface area contributed by atoms with Gasteiger partial charge in [-0.3, -0.25) is 0 Å². The number of esters is 1. The average molecular weight is 723 g/mol. The van der Waals surface area contributed by atoms with Crippen molar-refractivity contribution in [1.82, 2.24) is 0 Å². The monoisotopic (exact) mass is 722 g/mol. The van der Waals surface area contributed by atoms with Gasteiger partial charge in [0.05, 0.1) is 26.9 Å². The number of aliphatic hydroxyl groups is 9. The molecule has 10 N–H and O–H groups in total. The minimum atomic E-state index is -1.97. The molecule has 0 saturated carbocycles. The Labute approximate surface area is 284 Å². The van der Waals surface area contributed by atoms with Gasteiger partial charge in [-0.15, -0.1) is 0 Å². The van der Waals surface area contributed by atoms with Crippen molar-refractivity contribution in [2.45, 2.75) is 92.1 Å². The Bertz CT molecular complexity index is 1280. The highest BCUT2D eigenvalue weighted by atomic mass is 16.8. The molecule has 3 aliphatic heterocycles. The van der Waals surface area contributed by atoms with Crippen molar-refractivity contribution in [1.29, 1.82) is 0 Å². The number of rotatable bonds is 15. The van der Waals surface area contributed by atoms with Crippen LogP contribution in [0.25, 0.3) is 6.08 Å². The van der Waals surface area contributed by atoms with Gasteiger partial charge in [0.25, 0.3) is 0 Å². The third-order valence-electron chi connectivity index (χ3n) is 8.14. The molecule has 0 radical (unpaired) electrons. The maximum absolute atomic E-state index is 12.4. The summed E-state index contributed by atoms with van der Waals surface area (Å²) in [7, 11) is 1.35. The molecule has 0 spiro atoms. The third-order valence-corrected chi connectivity index (χ3v) is 8.14. The molecular formula is C30H42O20. The molecule has 0 aliphatic carbocycles. The van der Waals surface area contributed by atoms with Crippen molar-refractivity contribution >= 4 is 18.3 Å². The van der Waals surface area contributed by atoms with Crippen LogP contribution in [-0.4, -0.2) is 189 Å². The van der Waals surface area contributed by atoms with E-state index >= 15 is 0 Å². The Morgan fingerprint density at radius 3 is 2.32 bits per heavy atom. The van der Waals surface area contributed by atoms with Crippen molar-refractivity contribution in [2.75, 3.05) is 33.5 Å². The van der Waals surface area contributed by atoms with E-state index < -0.39 is 125 Å². The van der Waals surface area contributed by atoms with Crippen molar-refractivity contribution in [3.05, 3.63) is 29.8 Å². The van der Waals surface area contributed by atoms with Gasteiger partial charge in [0, 0.05) is 6.08 Å². The van der Waals surface area contributed by atoms with E-state index in [1.807, 2.05) is 0 Å². The van der Waals surface area contributed by atoms with Crippen molar-refractivity contribution < 1.29 is 98.5 Å². The van der Waals surface area contributed by atoms with Crippen molar-refractivity contribution in [3.63, 3.8) is 0 Å². The van der Waals surface area contributed by atoms with E-state index in [1.165, 1.54) is 31.4 Å². The van der Waals surface area contributed by atoms with Gasteiger partial charge in [0.1, 0.15) is 79.9 Å². The Hall–Kier alpha value is -2.90. The van der Waals surface area contributed by atoms with Crippen LogP contribution in [-0.2, 0) is 42.7 Å². The predicted octanol–water partition coefficient (Wildman–Crippen LogP) is -5.37. The molecule has 1 aromatic carbocycles. The lowest BCUT2D eigenvalue weighted by Gasteiger charge is -2.44. The number of aldehydes is 1. The fourth-order valence-electron chi connectivity index (χ4n) is 5.23. The van der Waals surface area contributed by atoms with E-state index in [4.69, 9.17) is 37.9 Å². The molecule has 50 heavy (non-hydrogen) atoms. The summed E-state index contributed by atoms with van der Waals surface area (Å²) < 4.78 is 43.4. The molecule has 0 bridgehead atoms. The van der Waals surface area contributed by atoms with Crippen LogP contribution in [0.15, 0.2) is 24.3 Å². The standard InChI is InChI=1S/C30H42O20/c1-43-16-6-12(2-4-13(16)33)3-5-20(36)44-10-18-23(39)25(41)30(48-18)50-27-19(49-28-24(40)22(38)15(35)9-45-28)11-46-29(26(27)42)47-17(8-32)21(37)14(34)7-31/h2-7,14-15,17-19,21-30,32-35,37-42H,8-11H2,1H3/b5-3+/t14-,15+,17+,18-,19+,21+,22-,23-,24+,25+,26+,27-,28-,29-,30-/m0/s1. The van der Waals surface area contributed by atoms with Crippen LogP contribution in [0.3, 0.4) is 0 Å². The average Bonchev–Trinajstić information content (AvgIpc) is 3.38. The fraction of sp³-hybridized carbons (Fsp3) is 0.667. The number of benzene rings is 1. The summed E-state index contributed by atoms with van der Waals surface area (Å²) in [6.07, 6.45) is -22.9. The fourth-order valence-corrected chi connectivity index (χ4v) is 5.23. The SMILES string of the molecule is COc1cc(/C=C/C(=O)OC[C@@H]2O[C@@H](O[C@@H]3[C@@H](O)[C@H](O[C@H](CO)[C@H](O)[C@@H](O)C=O)OC[C@H]3O[C@@H]3OC[C@@H](O)[C@H](O)[C@H]3O)[C@H](O)[C@H]2O)ccc1O. The topological polar surface area (TPSA) is 310 Å². The summed E-state index contributed by atoms with van der Waals surface area (Å²) >= 11 is 0. The van der Waals surface area contributed by atoms with Gasteiger partial charge in [-0.1, -0.05) is 6.07 Å². The van der Waals surface area contributed by atoms with Crippen molar-refractivity contribution in [2.24, 2.45) is 0 Å². The third kappa shape index (κ3) is 9.50. The molecule has 3 saturated heterocycles. The van der Waals surface area contributed by atoms with E-state index in [0.717, 1.165) is 6.08 Å². The first-order valence-electron chi connectivity index (χ1n) is 15.4. The number of hydrogen-bond acceptors (Lipinski definition) is 20. The molecule has 1 aromatic rings. The first-order valence-corrected chi connectivity index (χ1v) is 15.4. The second-order valence-corrected chi connectivity index (χ2v) is 11.6. The van der Waals surface area contributed by atoms with Crippen LogP contribution < -0.4 is 4.74 Å². The van der Waals surface area contributed by atoms with Gasteiger partial charge < -0.3 is 93.8 Å². The Kier molecular flexibility index (Phi) is 14.4. The summed E-state index contributed by atoms with van der Waals surface area (Å²) in [5.74, 6) is -0.798. The molecule has 0 amide bonds. The zero-order chi connectivity index (χ0) is 36.7. The number of aromatic hydroxyl groups is 1. The highest BCUT2D eigenvalue weighted by Crippen LogP contribution is 2.32. The number of phenolic OH excluding ortho intramolecular Hbond substituents is 1. The van der Waals surface area contributed by atoms with Crippen LogP contribution in [0.5, 0.6) is 11.5 Å². The number of carbonyl (C=O) groups is 2. The summed E-state index contributed by atoms with van der Waals surface area (Å²) in [5, 5.41) is 102. The molecule has 282 valence electrons. The first-order chi connectivity index (χ1) is 23.8. The van der Waals surface area contributed by atoms with Crippen LogP contribution in [0, 0.1) is 0 Å². The minimum Gasteiger partial charge on any atom is -0.504 e. The Morgan fingerprint density at radius 1 is 0.940 bits per heavy atom. The van der Waals surface area contributed by atoms with Gasteiger partial charge in [-0.2, -0.15) is 0 Å². The van der Waals surface area contributed by atoms with Gasteiger partial charge in [0.15, 0.2) is 36.7 Å². The highest BCUT2D eigenvalue weighted by molar-refractivity contribution is 5.87. The lowest BCUT2D eigenvalue weighted by atomic mass is 10.0. The molecule has 20 nitrogen and oxygen atoms in total. The van der Waals surface area contributed by atoms with E-state index in [9.17, 15) is 60.7 Å². The maximum atomic E-state index is 12.4. The smallest absolute Gasteiger partial charge is 0.330 e. The van der Waals surface area contributed by atoms with Gasteiger partial charge in [-0.25, -0.2) is 4.79 Å². The number of carbonyl (C=O) groups excluding carboxylic acids is 2. The van der Waals surface area contributed by atoms with Crippen LogP contribution >= 0.6 is 0 Å². The molecule has 0 aromatic heterocycles. The zero-order valence-corrected chi connectivity index (χ0v) is 26.5. The van der Waals surface area contributed by atoms with E-state index in [2.05, 4.69) is 0 Å². The molecule has 3 fully saturated rings. The van der Waals surface area contributed by atoms with E-state index in [1.54, 1.807) is 0 Å². The number of aliphatic hydroxyl groups excluding tert-OH is 9. The van der Waals surface area contributed by atoms with Gasteiger partial charge in [0.2, 0.25) is 0 Å². The molecule has 3 heterocycles. The molecule has 3 aliphatic rings. The second-order valence-electron chi connectivity index (χ2n) is 11.6. The van der Waals surface area contributed by atoms with Crippen LogP contribution in [0.4, 0.5) is 0 Å². The van der Waals surface area contributed by atoms with Gasteiger partial charge in [-0.05, 0) is 23.8 Å². The molecular weight excluding hydrogens is 680 g/mol. The Morgan fingerprint density at radius 2 is 1.64 bits per heavy atom. The highest BCUT2D eigenvalue weighted by Gasteiger charge is 2.51. The van der Waals surface area contributed by atoms with Gasteiger partial charge >= 0.3 is 5.97 Å². The number of hydrogen-bond donors (Lipinski definition) is 10. The van der Waals surface area contributed by atoms with Crippen LogP contribution in [0.1, 0.15) is 5.56 Å². The summed E-state index contributed by atoms with van der Waals surface area (Å²) in [6, 6.07) is 4.33. The molecule has 0 unspecified atom stereocenters. The first kappa shape index (κ1) is 39.9. The number of phenols is 1. The Balaban J connectivity index is 1.44. The zero-order valence-electron chi connectivity index (χ0n) is 26.5.